The minimum absolute atomic E-state index is 0.0963. The molecule has 0 aliphatic heterocycles. The third-order valence-corrected chi connectivity index (χ3v) is 6.65. The van der Waals surface area contributed by atoms with Crippen LogP contribution in [0.3, 0.4) is 0 Å². The first kappa shape index (κ1) is 20.7. The second-order valence-electron chi connectivity index (χ2n) is 7.18. The number of rotatable bonds is 5. The maximum Gasteiger partial charge on any atom is 0.240 e. The predicted molar refractivity (Wildman–Crippen MR) is 124 cm³/mol. The standard InChI is InChI=1S/C23H18N6O3S/c1-24-33(31,32)18-6-3-5-17(14-18)28-13-10-22(30)23(27-28)21-9-12-26-29(21)20-7-2-4-16-15-25-11-8-19(16)20/h2-15,24H,1H3. The third-order valence-electron chi connectivity index (χ3n) is 5.24. The van der Waals surface area contributed by atoms with Gasteiger partial charge in [0, 0.05) is 35.4 Å². The zero-order valence-electron chi connectivity index (χ0n) is 17.5. The Hall–Kier alpha value is -4.15. The van der Waals surface area contributed by atoms with Gasteiger partial charge in [-0.25, -0.2) is 22.5 Å². The van der Waals surface area contributed by atoms with E-state index in [1.165, 1.54) is 36.1 Å². The van der Waals surface area contributed by atoms with E-state index in [0.717, 1.165) is 16.5 Å². The Balaban J connectivity index is 1.66. The van der Waals surface area contributed by atoms with Crippen molar-refractivity contribution >= 4 is 20.8 Å². The first-order chi connectivity index (χ1) is 16.0. The van der Waals surface area contributed by atoms with Gasteiger partial charge in [-0.05, 0) is 43.4 Å². The summed E-state index contributed by atoms with van der Waals surface area (Å²) in [5, 5.41) is 10.8. The van der Waals surface area contributed by atoms with E-state index >= 15 is 0 Å². The van der Waals surface area contributed by atoms with Gasteiger partial charge in [0.25, 0.3) is 0 Å². The smallest absolute Gasteiger partial charge is 0.240 e. The molecule has 0 bridgehead atoms. The number of fused-ring (bicyclic) bond motifs is 1. The van der Waals surface area contributed by atoms with Gasteiger partial charge in [0.1, 0.15) is 0 Å². The van der Waals surface area contributed by atoms with Gasteiger partial charge in [-0.15, -0.1) is 0 Å². The number of nitrogens with one attached hydrogen (secondary N) is 1. The van der Waals surface area contributed by atoms with Crippen molar-refractivity contribution in [1.82, 2.24) is 29.3 Å². The third kappa shape index (κ3) is 3.71. The van der Waals surface area contributed by atoms with Gasteiger partial charge in [0.05, 0.1) is 28.2 Å². The van der Waals surface area contributed by atoms with Crippen molar-refractivity contribution in [1.29, 1.82) is 0 Å². The van der Waals surface area contributed by atoms with Crippen LogP contribution in [0.25, 0.3) is 33.5 Å². The summed E-state index contributed by atoms with van der Waals surface area (Å²) in [5.41, 5.74) is 1.69. The molecule has 9 nitrogen and oxygen atoms in total. The molecule has 0 aliphatic carbocycles. The monoisotopic (exact) mass is 458 g/mol. The van der Waals surface area contributed by atoms with Crippen LogP contribution in [-0.4, -0.2) is 40.0 Å². The molecule has 3 aromatic heterocycles. The van der Waals surface area contributed by atoms with Gasteiger partial charge in [-0.2, -0.15) is 10.2 Å². The fourth-order valence-electron chi connectivity index (χ4n) is 3.60. The molecule has 5 rings (SSSR count). The normalized spacial score (nSPS) is 11.7. The molecule has 0 aliphatic rings. The summed E-state index contributed by atoms with van der Waals surface area (Å²) in [6, 6.07) is 17.1. The Morgan fingerprint density at radius 2 is 1.82 bits per heavy atom. The van der Waals surface area contributed by atoms with Crippen LogP contribution >= 0.6 is 0 Å². The molecule has 2 aromatic carbocycles. The minimum Gasteiger partial charge on any atom is -0.287 e. The van der Waals surface area contributed by atoms with E-state index in [-0.39, 0.29) is 16.0 Å². The molecule has 0 fully saturated rings. The van der Waals surface area contributed by atoms with E-state index in [2.05, 4.69) is 19.9 Å². The lowest BCUT2D eigenvalue weighted by atomic mass is 10.1. The van der Waals surface area contributed by atoms with Crippen molar-refractivity contribution in [2.24, 2.45) is 0 Å². The highest BCUT2D eigenvalue weighted by molar-refractivity contribution is 7.89. The fourth-order valence-corrected chi connectivity index (χ4v) is 4.37. The van der Waals surface area contributed by atoms with Crippen molar-refractivity contribution in [2.75, 3.05) is 7.05 Å². The van der Waals surface area contributed by atoms with Crippen molar-refractivity contribution in [2.45, 2.75) is 4.90 Å². The summed E-state index contributed by atoms with van der Waals surface area (Å²) in [5.74, 6) is 0. The molecule has 3 heterocycles. The molecule has 0 saturated carbocycles. The van der Waals surface area contributed by atoms with Gasteiger partial charge in [-0.1, -0.05) is 18.2 Å². The molecule has 10 heteroatoms. The topological polar surface area (TPSA) is 112 Å². The number of benzene rings is 2. The minimum atomic E-state index is -3.63. The molecule has 0 radical (unpaired) electrons. The van der Waals surface area contributed by atoms with Gasteiger partial charge < -0.3 is 0 Å². The molecule has 164 valence electrons. The summed E-state index contributed by atoms with van der Waals surface area (Å²) >= 11 is 0. The Morgan fingerprint density at radius 1 is 0.970 bits per heavy atom. The SMILES string of the molecule is CNS(=O)(=O)c1cccc(-n2ccc(=O)c(-c3ccnn3-c3cccc4cnccc34)n2)c1. The van der Waals surface area contributed by atoms with Crippen molar-refractivity contribution in [3.8, 4) is 22.8 Å². The maximum absolute atomic E-state index is 12.8. The summed E-state index contributed by atoms with van der Waals surface area (Å²) in [7, 11) is -2.28. The zero-order chi connectivity index (χ0) is 23.0. The number of hydrogen-bond donors (Lipinski definition) is 1. The highest BCUT2D eigenvalue weighted by atomic mass is 32.2. The van der Waals surface area contributed by atoms with Gasteiger partial charge in [0.15, 0.2) is 5.69 Å². The van der Waals surface area contributed by atoms with E-state index in [1.807, 2.05) is 24.3 Å². The van der Waals surface area contributed by atoms with E-state index in [0.29, 0.717) is 11.4 Å². The number of sulfonamides is 1. The Bertz CT molecular complexity index is 1650. The average molecular weight is 459 g/mol. The van der Waals surface area contributed by atoms with Gasteiger partial charge in [-0.3, -0.25) is 9.78 Å². The lowest BCUT2D eigenvalue weighted by molar-refractivity contribution is 0.588. The van der Waals surface area contributed by atoms with Crippen LogP contribution < -0.4 is 10.2 Å². The lowest BCUT2D eigenvalue weighted by Crippen LogP contribution is -2.19. The quantitative estimate of drug-likeness (QED) is 0.433. The van der Waals surface area contributed by atoms with Crippen LogP contribution in [0, 0.1) is 0 Å². The first-order valence-electron chi connectivity index (χ1n) is 9.99. The first-order valence-corrected chi connectivity index (χ1v) is 11.5. The number of pyridine rings is 1. The molecule has 0 atom stereocenters. The largest absolute Gasteiger partial charge is 0.287 e. The number of hydrogen-bond acceptors (Lipinski definition) is 6. The van der Waals surface area contributed by atoms with Crippen molar-refractivity contribution in [3.05, 3.63) is 95.7 Å². The van der Waals surface area contributed by atoms with Crippen LogP contribution in [0.1, 0.15) is 0 Å². The van der Waals surface area contributed by atoms with E-state index in [9.17, 15) is 13.2 Å². The molecule has 0 unspecified atom stereocenters. The summed E-state index contributed by atoms with van der Waals surface area (Å²) in [6.07, 6.45) is 6.58. The number of aromatic nitrogens is 5. The molecule has 33 heavy (non-hydrogen) atoms. The van der Waals surface area contributed by atoms with Crippen molar-refractivity contribution in [3.63, 3.8) is 0 Å². The molecule has 0 saturated heterocycles. The predicted octanol–water partition coefficient (Wildman–Crippen LogP) is 2.54. The van der Waals surface area contributed by atoms with Crippen molar-refractivity contribution < 1.29 is 8.42 Å². The van der Waals surface area contributed by atoms with Gasteiger partial charge in [0.2, 0.25) is 15.5 Å². The highest BCUT2D eigenvalue weighted by Crippen LogP contribution is 2.25. The van der Waals surface area contributed by atoms with E-state index in [1.54, 1.807) is 41.5 Å². The Labute approximate surface area is 189 Å². The highest BCUT2D eigenvalue weighted by Gasteiger charge is 2.16. The lowest BCUT2D eigenvalue weighted by Gasteiger charge is -2.12. The molecule has 0 amide bonds. The summed E-state index contributed by atoms with van der Waals surface area (Å²) < 4.78 is 29.8. The number of nitrogens with zero attached hydrogens (tertiary/aromatic N) is 5. The van der Waals surface area contributed by atoms with Gasteiger partial charge >= 0.3 is 0 Å². The second-order valence-corrected chi connectivity index (χ2v) is 9.07. The molecular weight excluding hydrogens is 440 g/mol. The zero-order valence-corrected chi connectivity index (χ0v) is 18.3. The van der Waals surface area contributed by atoms with Crippen LogP contribution in [0.4, 0.5) is 0 Å². The second kappa shape index (κ2) is 8.08. The van der Waals surface area contributed by atoms with Crippen LogP contribution in [0.2, 0.25) is 0 Å². The van der Waals surface area contributed by atoms with Crippen LogP contribution in [0.5, 0.6) is 0 Å². The average Bonchev–Trinajstić information content (AvgIpc) is 3.33. The molecule has 5 aromatic rings. The summed E-state index contributed by atoms with van der Waals surface area (Å²) in [6.45, 7) is 0. The van der Waals surface area contributed by atoms with Crippen LogP contribution in [0.15, 0.2) is 95.1 Å². The Morgan fingerprint density at radius 3 is 2.67 bits per heavy atom. The fraction of sp³-hybridized carbons (Fsp3) is 0.0435. The molecular formula is C23H18N6O3S. The Kier molecular flexibility index (Phi) is 5.08. The van der Waals surface area contributed by atoms with E-state index in [4.69, 9.17) is 0 Å². The molecule has 1 N–H and O–H groups in total. The summed E-state index contributed by atoms with van der Waals surface area (Å²) in [4.78, 5) is 17.0. The van der Waals surface area contributed by atoms with E-state index < -0.39 is 10.0 Å². The van der Waals surface area contributed by atoms with Crippen LogP contribution in [-0.2, 0) is 10.0 Å². The molecule has 0 spiro atoms. The maximum atomic E-state index is 12.8.